The number of likely N-dealkylation sites (tertiary alicyclic amines) is 1. The molecule has 2 heterocycles. The second kappa shape index (κ2) is 9.02. The fourth-order valence-corrected chi connectivity index (χ4v) is 5.37. The SMILES string of the molecule is NC(=O)[C@@H]1CCCCN1C(=O)CN1CCN(S(=O)(=O)Cc2ccccc2)CC1. The lowest BCUT2D eigenvalue weighted by atomic mass is 10.0. The molecule has 2 saturated heterocycles. The van der Waals surface area contributed by atoms with Crippen LogP contribution in [0.1, 0.15) is 24.8 Å². The van der Waals surface area contributed by atoms with Crippen LogP contribution in [-0.2, 0) is 25.4 Å². The monoisotopic (exact) mass is 408 g/mol. The predicted octanol–water partition coefficient (Wildman–Crippen LogP) is 0.000400. The van der Waals surface area contributed by atoms with E-state index in [0.717, 1.165) is 18.4 Å². The van der Waals surface area contributed by atoms with E-state index >= 15 is 0 Å². The Labute approximate surface area is 166 Å². The van der Waals surface area contributed by atoms with Gasteiger partial charge in [-0.25, -0.2) is 8.42 Å². The van der Waals surface area contributed by atoms with Gasteiger partial charge in [0.2, 0.25) is 21.8 Å². The van der Waals surface area contributed by atoms with Gasteiger partial charge in [0.1, 0.15) is 6.04 Å². The van der Waals surface area contributed by atoms with Crippen molar-refractivity contribution in [3.63, 3.8) is 0 Å². The Morgan fingerprint density at radius 2 is 1.68 bits per heavy atom. The molecule has 8 nitrogen and oxygen atoms in total. The van der Waals surface area contributed by atoms with E-state index in [1.807, 2.05) is 23.1 Å². The summed E-state index contributed by atoms with van der Waals surface area (Å²) in [5, 5.41) is 0. The molecule has 3 rings (SSSR count). The number of nitrogens with two attached hydrogens (primary N) is 1. The van der Waals surface area contributed by atoms with Crippen molar-refractivity contribution in [2.45, 2.75) is 31.1 Å². The summed E-state index contributed by atoms with van der Waals surface area (Å²) in [6, 6.07) is 8.61. The molecule has 2 amide bonds. The number of sulfonamides is 1. The molecule has 2 N–H and O–H groups in total. The highest BCUT2D eigenvalue weighted by molar-refractivity contribution is 7.88. The fourth-order valence-electron chi connectivity index (χ4n) is 3.85. The number of carbonyl (C=O) groups excluding carboxylic acids is 2. The van der Waals surface area contributed by atoms with Gasteiger partial charge in [0.25, 0.3) is 0 Å². The van der Waals surface area contributed by atoms with Crippen molar-refractivity contribution >= 4 is 21.8 Å². The molecule has 2 fully saturated rings. The second-order valence-corrected chi connectivity index (χ2v) is 9.39. The van der Waals surface area contributed by atoms with Crippen molar-refractivity contribution in [1.82, 2.24) is 14.1 Å². The molecule has 2 aliphatic rings. The maximum absolute atomic E-state index is 12.6. The molecule has 1 aromatic carbocycles. The lowest BCUT2D eigenvalue weighted by Crippen LogP contribution is -2.55. The van der Waals surface area contributed by atoms with Crippen LogP contribution in [0.4, 0.5) is 0 Å². The van der Waals surface area contributed by atoms with Crippen molar-refractivity contribution < 1.29 is 18.0 Å². The molecule has 28 heavy (non-hydrogen) atoms. The van der Waals surface area contributed by atoms with E-state index in [2.05, 4.69) is 0 Å². The van der Waals surface area contributed by atoms with E-state index in [0.29, 0.717) is 39.1 Å². The van der Waals surface area contributed by atoms with Gasteiger partial charge < -0.3 is 10.6 Å². The first-order valence-electron chi connectivity index (χ1n) is 9.70. The summed E-state index contributed by atoms with van der Waals surface area (Å²) in [6.45, 7) is 2.46. The van der Waals surface area contributed by atoms with E-state index in [1.165, 1.54) is 4.31 Å². The quantitative estimate of drug-likeness (QED) is 0.714. The first kappa shape index (κ1) is 20.8. The van der Waals surface area contributed by atoms with Gasteiger partial charge in [-0.05, 0) is 24.8 Å². The van der Waals surface area contributed by atoms with Crippen molar-refractivity contribution in [1.29, 1.82) is 0 Å². The van der Waals surface area contributed by atoms with Crippen LogP contribution in [0.3, 0.4) is 0 Å². The van der Waals surface area contributed by atoms with Crippen LogP contribution in [0.15, 0.2) is 30.3 Å². The number of hydrogen-bond donors (Lipinski definition) is 1. The van der Waals surface area contributed by atoms with E-state index < -0.39 is 22.0 Å². The molecule has 0 unspecified atom stereocenters. The van der Waals surface area contributed by atoms with Gasteiger partial charge in [-0.15, -0.1) is 0 Å². The number of hydrogen-bond acceptors (Lipinski definition) is 5. The molecule has 0 bridgehead atoms. The largest absolute Gasteiger partial charge is 0.368 e. The first-order chi connectivity index (χ1) is 13.4. The van der Waals surface area contributed by atoms with Gasteiger partial charge in [0, 0.05) is 32.7 Å². The summed E-state index contributed by atoms with van der Waals surface area (Å²) in [6.07, 6.45) is 2.39. The zero-order chi connectivity index (χ0) is 20.1. The Kier molecular flexibility index (Phi) is 6.69. The number of rotatable bonds is 6. The van der Waals surface area contributed by atoms with Gasteiger partial charge in [-0.1, -0.05) is 30.3 Å². The van der Waals surface area contributed by atoms with Gasteiger partial charge >= 0.3 is 0 Å². The van der Waals surface area contributed by atoms with E-state index in [9.17, 15) is 18.0 Å². The summed E-state index contributed by atoms with van der Waals surface area (Å²) < 4.78 is 26.8. The van der Waals surface area contributed by atoms with Crippen LogP contribution in [0.2, 0.25) is 0 Å². The minimum atomic E-state index is -3.38. The average Bonchev–Trinajstić information content (AvgIpc) is 2.69. The summed E-state index contributed by atoms with van der Waals surface area (Å²) in [7, 11) is -3.38. The van der Waals surface area contributed by atoms with Crippen LogP contribution >= 0.6 is 0 Å². The van der Waals surface area contributed by atoms with Crippen molar-refractivity contribution in [3.05, 3.63) is 35.9 Å². The lowest BCUT2D eigenvalue weighted by molar-refractivity contribution is -0.142. The second-order valence-electron chi connectivity index (χ2n) is 7.42. The highest BCUT2D eigenvalue weighted by Gasteiger charge is 2.33. The summed E-state index contributed by atoms with van der Waals surface area (Å²) >= 11 is 0. The zero-order valence-corrected chi connectivity index (χ0v) is 16.8. The molecule has 2 aliphatic heterocycles. The molecule has 0 spiro atoms. The average molecular weight is 409 g/mol. The van der Waals surface area contributed by atoms with E-state index in [4.69, 9.17) is 5.73 Å². The molecule has 0 saturated carbocycles. The van der Waals surface area contributed by atoms with Crippen molar-refractivity contribution in [2.75, 3.05) is 39.3 Å². The molecule has 0 aliphatic carbocycles. The Bertz CT molecular complexity index is 791. The van der Waals surface area contributed by atoms with Crippen LogP contribution in [0, 0.1) is 0 Å². The number of primary amides is 1. The maximum Gasteiger partial charge on any atom is 0.240 e. The molecule has 9 heteroatoms. The first-order valence-corrected chi connectivity index (χ1v) is 11.3. The number of piperidine rings is 1. The van der Waals surface area contributed by atoms with Crippen LogP contribution in [-0.4, -0.2) is 79.6 Å². The minimum absolute atomic E-state index is 0.0131. The Balaban J connectivity index is 1.52. The summed E-state index contributed by atoms with van der Waals surface area (Å²) in [5.41, 5.74) is 6.20. The molecule has 1 atom stereocenters. The van der Waals surface area contributed by atoms with Crippen LogP contribution < -0.4 is 5.73 Å². The molecule has 0 aromatic heterocycles. The summed E-state index contributed by atoms with van der Waals surface area (Å²) in [5.74, 6) is -0.574. The third-order valence-corrected chi connectivity index (χ3v) is 7.28. The normalized spacial score (nSPS) is 22.1. The Morgan fingerprint density at radius 3 is 2.32 bits per heavy atom. The van der Waals surface area contributed by atoms with Crippen molar-refractivity contribution in [2.24, 2.45) is 5.73 Å². The molecular formula is C19H28N4O4S. The third kappa shape index (κ3) is 5.09. The minimum Gasteiger partial charge on any atom is -0.368 e. The molecule has 0 radical (unpaired) electrons. The highest BCUT2D eigenvalue weighted by atomic mass is 32.2. The van der Waals surface area contributed by atoms with Gasteiger partial charge in [0.05, 0.1) is 12.3 Å². The fraction of sp³-hybridized carbons (Fsp3) is 0.579. The third-order valence-electron chi connectivity index (χ3n) is 5.43. The molecule has 1 aromatic rings. The van der Waals surface area contributed by atoms with Gasteiger partial charge in [-0.2, -0.15) is 4.31 Å². The number of carbonyl (C=O) groups is 2. The van der Waals surface area contributed by atoms with Gasteiger partial charge in [0.15, 0.2) is 0 Å². The Morgan fingerprint density at radius 1 is 1.00 bits per heavy atom. The van der Waals surface area contributed by atoms with E-state index in [1.54, 1.807) is 17.0 Å². The number of nitrogens with zero attached hydrogens (tertiary/aromatic N) is 3. The van der Waals surface area contributed by atoms with Crippen LogP contribution in [0.25, 0.3) is 0 Å². The summed E-state index contributed by atoms with van der Waals surface area (Å²) in [4.78, 5) is 27.8. The zero-order valence-electron chi connectivity index (χ0n) is 16.0. The topological polar surface area (TPSA) is 104 Å². The highest BCUT2D eigenvalue weighted by Crippen LogP contribution is 2.18. The number of amides is 2. The van der Waals surface area contributed by atoms with E-state index in [-0.39, 0.29) is 18.2 Å². The lowest BCUT2D eigenvalue weighted by Gasteiger charge is -2.37. The smallest absolute Gasteiger partial charge is 0.240 e. The predicted molar refractivity (Wildman–Crippen MR) is 106 cm³/mol. The van der Waals surface area contributed by atoms with Crippen molar-refractivity contribution in [3.8, 4) is 0 Å². The van der Waals surface area contributed by atoms with Crippen LogP contribution in [0.5, 0.6) is 0 Å². The maximum atomic E-state index is 12.6. The Hall–Kier alpha value is -1.97. The molecular weight excluding hydrogens is 380 g/mol. The number of piperazine rings is 1. The molecule has 154 valence electrons. The standard InChI is InChI=1S/C19H28N4O4S/c20-19(25)17-8-4-5-9-23(17)18(24)14-21-10-12-22(13-11-21)28(26,27)15-16-6-2-1-3-7-16/h1-3,6-7,17H,4-5,8-15H2,(H2,20,25)/t17-/m0/s1. The van der Waals surface area contributed by atoms with Gasteiger partial charge in [-0.3, -0.25) is 14.5 Å². The number of benzene rings is 1.